The molecule has 2 amide bonds. The van der Waals surface area contributed by atoms with Crippen molar-refractivity contribution < 1.29 is 22.8 Å². The first-order valence-corrected chi connectivity index (χ1v) is 6.62. The number of carbonyl (C=O) groups excluding carboxylic acids is 2. The van der Waals surface area contributed by atoms with Crippen LogP contribution in [0.3, 0.4) is 0 Å². The van der Waals surface area contributed by atoms with Gasteiger partial charge >= 0.3 is 6.18 Å². The molecule has 0 aliphatic carbocycles. The fourth-order valence-corrected chi connectivity index (χ4v) is 2.89. The molecule has 0 radical (unpaired) electrons. The molecule has 1 atom stereocenters. The second-order valence-electron chi connectivity index (χ2n) is 4.17. The Labute approximate surface area is 117 Å². The molecular formula is C12H11F3N2O2S. The standard InChI is InChI=1S/C12H11F3N2O2S/c13-12(14,15)8-3-1-2-7(6-8)9-10(18)17(5-4-16)11(19)20-9/h1-3,6,9H,4-5,16H2. The highest BCUT2D eigenvalue weighted by molar-refractivity contribution is 8.14. The lowest BCUT2D eigenvalue weighted by atomic mass is 10.1. The number of halogens is 3. The van der Waals surface area contributed by atoms with Gasteiger partial charge in [-0.25, -0.2) is 0 Å². The van der Waals surface area contributed by atoms with Crippen LogP contribution < -0.4 is 5.73 Å². The molecule has 20 heavy (non-hydrogen) atoms. The Morgan fingerprint density at radius 3 is 2.60 bits per heavy atom. The van der Waals surface area contributed by atoms with E-state index >= 15 is 0 Å². The van der Waals surface area contributed by atoms with Crippen LogP contribution in [0.5, 0.6) is 0 Å². The third-order valence-electron chi connectivity index (χ3n) is 2.80. The molecule has 1 fully saturated rings. The van der Waals surface area contributed by atoms with E-state index in [1.807, 2.05) is 0 Å². The zero-order chi connectivity index (χ0) is 14.9. The molecule has 0 aromatic heterocycles. The maximum Gasteiger partial charge on any atom is 0.416 e. The van der Waals surface area contributed by atoms with Gasteiger partial charge in [0.1, 0.15) is 5.25 Å². The minimum Gasteiger partial charge on any atom is -0.329 e. The van der Waals surface area contributed by atoms with Crippen LogP contribution in [0.1, 0.15) is 16.4 Å². The average Bonchev–Trinajstić information content (AvgIpc) is 2.66. The number of alkyl halides is 3. The van der Waals surface area contributed by atoms with E-state index in [0.29, 0.717) is 11.8 Å². The maximum atomic E-state index is 12.6. The Morgan fingerprint density at radius 2 is 2.00 bits per heavy atom. The molecule has 1 aliphatic heterocycles. The Balaban J connectivity index is 2.29. The Bertz CT molecular complexity index is 548. The van der Waals surface area contributed by atoms with Crippen molar-refractivity contribution in [1.82, 2.24) is 4.90 Å². The normalized spacial score (nSPS) is 19.8. The monoisotopic (exact) mass is 304 g/mol. The van der Waals surface area contributed by atoms with Gasteiger partial charge in [0, 0.05) is 13.1 Å². The highest BCUT2D eigenvalue weighted by atomic mass is 32.2. The van der Waals surface area contributed by atoms with Crippen molar-refractivity contribution in [2.75, 3.05) is 13.1 Å². The molecule has 1 aromatic carbocycles. The third kappa shape index (κ3) is 2.80. The Hall–Kier alpha value is -1.54. The summed E-state index contributed by atoms with van der Waals surface area (Å²) in [4.78, 5) is 24.6. The third-order valence-corrected chi connectivity index (χ3v) is 3.93. The minimum absolute atomic E-state index is 0.0696. The molecule has 1 unspecified atom stereocenters. The number of imide groups is 1. The van der Waals surface area contributed by atoms with Crippen molar-refractivity contribution in [3.8, 4) is 0 Å². The summed E-state index contributed by atoms with van der Waals surface area (Å²) in [5.74, 6) is -0.523. The van der Waals surface area contributed by atoms with E-state index in [9.17, 15) is 22.8 Å². The average molecular weight is 304 g/mol. The second-order valence-corrected chi connectivity index (χ2v) is 5.22. The van der Waals surface area contributed by atoms with Crippen LogP contribution >= 0.6 is 11.8 Å². The van der Waals surface area contributed by atoms with Crippen molar-refractivity contribution in [1.29, 1.82) is 0 Å². The highest BCUT2D eigenvalue weighted by Crippen LogP contribution is 2.40. The number of thioether (sulfide) groups is 1. The van der Waals surface area contributed by atoms with E-state index in [1.54, 1.807) is 0 Å². The number of hydrogen-bond donors (Lipinski definition) is 1. The summed E-state index contributed by atoms with van der Waals surface area (Å²) in [5, 5.41) is -1.42. The predicted molar refractivity (Wildman–Crippen MR) is 67.9 cm³/mol. The van der Waals surface area contributed by atoms with Gasteiger partial charge in [0.2, 0.25) is 5.91 Å². The van der Waals surface area contributed by atoms with Crippen LogP contribution in [-0.2, 0) is 11.0 Å². The molecule has 1 aliphatic rings. The number of hydrogen-bond acceptors (Lipinski definition) is 4. The number of amides is 2. The van der Waals surface area contributed by atoms with E-state index in [4.69, 9.17) is 5.73 Å². The fraction of sp³-hybridized carbons (Fsp3) is 0.333. The van der Waals surface area contributed by atoms with E-state index < -0.39 is 28.1 Å². The summed E-state index contributed by atoms with van der Waals surface area (Å²) in [6.07, 6.45) is -4.48. The molecular weight excluding hydrogens is 293 g/mol. The quantitative estimate of drug-likeness (QED) is 0.931. The van der Waals surface area contributed by atoms with E-state index in [-0.39, 0.29) is 18.7 Å². The van der Waals surface area contributed by atoms with Gasteiger partial charge in [0.15, 0.2) is 0 Å². The van der Waals surface area contributed by atoms with Crippen molar-refractivity contribution in [3.63, 3.8) is 0 Å². The van der Waals surface area contributed by atoms with Crippen LogP contribution in [0.4, 0.5) is 18.0 Å². The second kappa shape index (κ2) is 5.45. The Kier molecular flexibility index (Phi) is 4.05. The first kappa shape index (κ1) is 14.9. The molecule has 2 N–H and O–H groups in total. The maximum absolute atomic E-state index is 12.6. The molecule has 0 spiro atoms. The Morgan fingerprint density at radius 1 is 1.30 bits per heavy atom. The van der Waals surface area contributed by atoms with Crippen molar-refractivity contribution in [2.24, 2.45) is 5.73 Å². The van der Waals surface area contributed by atoms with Crippen LogP contribution in [-0.4, -0.2) is 29.1 Å². The van der Waals surface area contributed by atoms with Crippen molar-refractivity contribution in [3.05, 3.63) is 35.4 Å². The zero-order valence-electron chi connectivity index (χ0n) is 10.2. The lowest BCUT2D eigenvalue weighted by molar-refractivity contribution is -0.137. The summed E-state index contributed by atoms with van der Waals surface area (Å²) in [6.45, 7) is 0.188. The molecule has 4 nitrogen and oxygen atoms in total. The van der Waals surface area contributed by atoms with Gasteiger partial charge in [0.05, 0.1) is 5.56 Å². The van der Waals surface area contributed by atoms with Gasteiger partial charge in [-0.05, 0) is 23.4 Å². The van der Waals surface area contributed by atoms with Crippen LogP contribution in [0, 0.1) is 0 Å². The van der Waals surface area contributed by atoms with Gasteiger partial charge in [0.25, 0.3) is 5.24 Å². The van der Waals surface area contributed by atoms with E-state index in [0.717, 1.165) is 17.0 Å². The topological polar surface area (TPSA) is 63.4 Å². The van der Waals surface area contributed by atoms with E-state index in [1.165, 1.54) is 12.1 Å². The van der Waals surface area contributed by atoms with Gasteiger partial charge in [-0.2, -0.15) is 13.2 Å². The summed E-state index contributed by atoms with van der Waals surface area (Å²) in [6, 6.07) is 4.45. The molecule has 0 bridgehead atoms. The van der Waals surface area contributed by atoms with Crippen LogP contribution in [0.2, 0.25) is 0 Å². The summed E-state index contributed by atoms with van der Waals surface area (Å²) in [7, 11) is 0. The van der Waals surface area contributed by atoms with Crippen LogP contribution in [0.15, 0.2) is 24.3 Å². The number of carbonyl (C=O) groups is 2. The zero-order valence-corrected chi connectivity index (χ0v) is 11.0. The lowest BCUT2D eigenvalue weighted by Crippen LogP contribution is -2.34. The molecule has 108 valence electrons. The van der Waals surface area contributed by atoms with E-state index in [2.05, 4.69) is 0 Å². The number of nitrogens with two attached hydrogens (primary N) is 1. The van der Waals surface area contributed by atoms with Gasteiger partial charge in [-0.15, -0.1) is 0 Å². The van der Waals surface area contributed by atoms with Gasteiger partial charge in [-0.3, -0.25) is 14.5 Å². The molecule has 8 heteroatoms. The minimum atomic E-state index is -4.48. The SMILES string of the molecule is NCCN1C(=O)SC(c2cccc(C(F)(F)F)c2)C1=O. The molecule has 1 heterocycles. The first-order chi connectivity index (χ1) is 9.34. The number of nitrogens with zero attached hydrogens (tertiary/aromatic N) is 1. The molecule has 2 rings (SSSR count). The van der Waals surface area contributed by atoms with Gasteiger partial charge < -0.3 is 5.73 Å². The number of benzene rings is 1. The molecule has 1 saturated heterocycles. The summed E-state index contributed by atoms with van der Waals surface area (Å²) in [5.41, 5.74) is 4.62. The smallest absolute Gasteiger partial charge is 0.329 e. The number of rotatable bonds is 3. The van der Waals surface area contributed by atoms with Gasteiger partial charge in [-0.1, -0.05) is 18.2 Å². The van der Waals surface area contributed by atoms with Crippen molar-refractivity contribution in [2.45, 2.75) is 11.4 Å². The summed E-state index contributed by atoms with van der Waals surface area (Å²) >= 11 is 0.709. The highest BCUT2D eigenvalue weighted by Gasteiger charge is 2.41. The predicted octanol–water partition coefficient (Wildman–Crippen LogP) is 2.40. The fourth-order valence-electron chi connectivity index (χ4n) is 1.87. The first-order valence-electron chi connectivity index (χ1n) is 5.74. The van der Waals surface area contributed by atoms with Crippen LogP contribution in [0.25, 0.3) is 0 Å². The largest absolute Gasteiger partial charge is 0.416 e. The lowest BCUT2D eigenvalue weighted by Gasteiger charge is -2.13. The van der Waals surface area contributed by atoms with Crippen molar-refractivity contribution >= 4 is 22.9 Å². The molecule has 1 aromatic rings. The summed E-state index contributed by atoms with van der Waals surface area (Å²) < 4.78 is 37.9. The molecule has 0 saturated carbocycles.